The van der Waals surface area contributed by atoms with Gasteiger partial charge in [0.2, 0.25) is 0 Å². The van der Waals surface area contributed by atoms with Crippen molar-refractivity contribution in [1.29, 1.82) is 0 Å². The van der Waals surface area contributed by atoms with Crippen molar-refractivity contribution in [1.82, 2.24) is 5.32 Å². The van der Waals surface area contributed by atoms with Crippen LogP contribution < -0.4 is 5.32 Å². The topological polar surface area (TPSA) is 32.3 Å². The third-order valence-electron chi connectivity index (χ3n) is 2.67. The van der Waals surface area contributed by atoms with Crippen LogP contribution in [-0.4, -0.2) is 23.8 Å². The van der Waals surface area contributed by atoms with Crippen LogP contribution in [0.15, 0.2) is 12.1 Å². The summed E-state index contributed by atoms with van der Waals surface area (Å²) in [5.41, 5.74) is 0. The Morgan fingerprint density at radius 3 is 2.62 bits per heavy atom. The molecule has 0 fully saturated rings. The largest absolute Gasteiger partial charge is 0.396 e. The fourth-order valence-corrected chi connectivity index (χ4v) is 2.94. The van der Waals surface area contributed by atoms with Crippen LogP contribution in [0.2, 0.25) is 0 Å². The molecule has 0 aliphatic rings. The number of hydrogen-bond acceptors (Lipinski definition) is 3. The summed E-state index contributed by atoms with van der Waals surface area (Å²) < 4.78 is 0. The van der Waals surface area contributed by atoms with E-state index in [1.807, 2.05) is 11.3 Å². The molecular weight excluding hydrogens is 218 g/mol. The van der Waals surface area contributed by atoms with Gasteiger partial charge in [-0.15, -0.1) is 11.3 Å². The smallest absolute Gasteiger partial charge is 0.0431 e. The Morgan fingerprint density at radius 2 is 2.06 bits per heavy atom. The fraction of sp³-hybridized carbons (Fsp3) is 0.692. The Morgan fingerprint density at radius 1 is 1.31 bits per heavy atom. The van der Waals surface area contributed by atoms with E-state index in [1.165, 1.54) is 9.75 Å². The predicted octanol–water partition coefficient (Wildman–Crippen LogP) is 2.74. The zero-order valence-electron chi connectivity index (χ0n) is 10.5. The molecule has 92 valence electrons. The molecule has 0 aromatic carbocycles. The lowest BCUT2D eigenvalue weighted by molar-refractivity contribution is 0.274. The third kappa shape index (κ3) is 5.10. The molecule has 2 atom stereocenters. The van der Waals surface area contributed by atoms with E-state index < -0.39 is 0 Å². The summed E-state index contributed by atoms with van der Waals surface area (Å²) in [7, 11) is 0. The number of thiophene rings is 1. The summed E-state index contributed by atoms with van der Waals surface area (Å²) in [6.45, 7) is 6.86. The van der Waals surface area contributed by atoms with Crippen LogP contribution in [0.4, 0.5) is 0 Å². The molecule has 0 spiro atoms. The second-order valence-electron chi connectivity index (χ2n) is 4.55. The molecule has 1 aromatic heterocycles. The van der Waals surface area contributed by atoms with Gasteiger partial charge in [-0.25, -0.2) is 0 Å². The monoisotopic (exact) mass is 241 g/mol. The first-order valence-electron chi connectivity index (χ1n) is 6.04. The van der Waals surface area contributed by atoms with Gasteiger partial charge in [0.25, 0.3) is 0 Å². The summed E-state index contributed by atoms with van der Waals surface area (Å²) in [6.07, 6.45) is 3.03. The van der Waals surface area contributed by atoms with Crippen molar-refractivity contribution in [2.45, 2.75) is 52.1 Å². The highest BCUT2D eigenvalue weighted by Crippen LogP contribution is 2.16. The van der Waals surface area contributed by atoms with E-state index in [0.717, 1.165) is 19.3 Å². The van der Waals surface area contributed by atoms with Crippen molar-refractivity contribution in [2.24, 2.45) is 0 Å². The van der Waals surface area contributed by atoms with Gasteiger partial charge in [-0.2, -0.15) is 0 Å². The lowest BCUT2D eigenvalue weighted by Crippen LogP contribution is -2.35. The highest BCUT2D eigenvalue weighted by Gasteiger charge is 2.08. The Bertz CT molecular complexity index is 298. The highest BCUT2D eigenvalue weighted by atomic mass is 32.1. The Hall–Kier alpha value is -0.380. The molecule has 0 bridgehead atoms. The summed E-state index contributed by atoms with van der Waals surface area (Å²) in [5.74, 6) is 0. The molecule has 1 rings (SSSR count). The molecule has 0 aliphatic heterocycles. The molecular formula is C13H23NOS. The molecule has 0 radical (unpaired) electrons. The minimum absolute atomic E-state index is 0.296. The summed E-state index contributed by atoms with van der Waals surface area (Å²) in [4.78, 5) is 2.84. The molecule has 2 N–H and O–H groups in total. The van der Waals surface area contributed by atoms with E-state index in [1.54, 1.807) is 0 Å². The van der Waals surface area contributed by atoms with Gasteiger partial charge < -0.3 is 10.4 Å². The maximum atomic E-state index is 8.76. The number of hydrogen-bond donors (Lipinski definition) is 2. The van der Waals surface area contributed by atoms with Crippen LogP contribution in [0.3, 0.4) is 0 Å². The summed E-state index contributed by atoms with van der Waals surface area (Å²) >= 11 is 1.88. The van der Waals surface area contributed by atoms with E-state index in [2.05, 4.69) is 38.2 Å². The minimum atomic E-state index is 0.296. The summed E-state index contributed by atoms with van der Waals surface area (Å²) in [6, 6.07) is 5.40. The van der Waals surface area contributed by atoms with Crippen LogP contribution in [0.1, 0.15) is 36.4 Å². The fourth-order valence-electron chi connectivity index (χ4n) is 1.92. The minimum Gasteiger partial charge on any atom is -0.396 e. The second-order valence-corrected chi connectivity index (χ2v) is 5.92. The van der Waals surface area contributed by atoms with Gasteiger partial charge in [0, 0.05) is 28.4 Å². The molecule has 1 aromatic rings. The number of aliphatic hydroxyl groups is 1. The standard InChI is InChI=1S/C13H23NOS/c1-10(5-4-8-15)14-11(2)9-13-7-6-12(3)16-13/h6-7,10-11,14-15H,4-5,8-9H2,1-3H3. The average molecular weight is 241 g/mol. The zero-order valence-corrected chi connectivity index (χ0v) is 11.3. The first-order valence-corrected chi connectivity index (χ1v) is 6.85. The van der Waals surface area contributed by atoms with Crippen LogP contribution in [0, 0.1) is 6.92 Å². The van der Waals surface area contributed by atoms with Crippen molar-refractivity contribution in [3.63, 3.8) is 0 Å². The normalized spacial score (nSPS) is 15.0. The third-order valence-corrected chi connectivity index (χ3v) is 3.69. The molecule has 0 aliphatic carbocycles. The van der Waals surface area contributed by atoms with Crippen LogP contribution >= 0.6 is 11.3 Å². The molecule has 3 heteroatoms. The van der Waals surface area contributed by atoms with E-state index in [9.17, 15) is 0 Å². The van der Waals surface area contributed by atoms with Gasteiger partial charge in [-0.1, -0.05) is 0 Å². The van der Waals surface area contributed by atoms with Gasteiger partial charge in [0.15, 0.2) is 0 Å². The zero-order chi connectivity index (χ0) is 12.0. The van der Waals surface area contributed by atoms with E-state index in [4.69, 9.17) is 5.11 Å². The first kappa shape index (κ1) is 13.7. The van der Waals surface area contributed by atoms with Crippen LogP contribution in [0.5, 0.6) is 0 Å². The van der Waals surface area contributed by atoms with E-state index >= 15 is 0 Å². The lowest BCUT2D eigenvalue weighted by atomic mass is 10.1. The van der Waals surface area contributed by atoms with Gasteiger partial charge >= 0.3 is 0 Å². The van der Waals surface area contributed by atoms with Gasteiger partial charge in [-0.3, -0.25) is 0 Å². The molecule has 2 nitrogen and oxygen atoms in total. The number of aryl methyl sites for hydroxylation is 1. The Labute approximate surface area is 103 Å². The lowest BCUT2D eigenvalue weighted by Gasteiger charge is -2.19. The molecule has 2 unspecified atom stereocenters. The molecule has 16 heavy (non-hydrogen) atoms. The van der Waals surface area contributed by atoms with E-state index in [0.29, 0.717) is 18.7 Å². The first-order chi connectivity index (χ1) is 7.61. The Kier molecular flexibility index (Phi) is 6.03. The van der Waals surface area contributed by atoms with Crippen LogP contribution in [-0.2, 0) is 6.42 Å². The van der Waals surface area contributed by atoms with Crippen LogP contribution in [0.25, 0.3) is 0 Å². The molecule has 0 amide bonds. The molecule has 0 saturated carbocycles. The quantitative estimate of drug-likeness (QED) is 0.769. The molecule has 1 heterocycles. The second kappa shape index (κ2) is 7.05. The van der Waals surface area contributed by atoms with Crippen molar-refractivity contribution < 1.29 is 5.11 Å². The maximum Gasteiger partial charge on any atom is 0.0431 e. The molecule has 0 saturated heterocycles. The SMILES string of the molecule is Cc1ccc(CC(C)NC(C)CCCO)s1. The number of aliphatic hydroxyl groups excluding tert-OH is 1. The number of nitrogens with one attached hydrogen (secondary N) is 1. The maximum absolute atomic E-state index is 8.76. The van der Waals surface area contributed by atoms with Crippen molar-refractivity contribution >= 4 is 11.3 Å². The Balaban J connectivity index is 2.27. The average Bonchev–Trinajstić information content (AvgIpc) is 2.60. The predicted molar refractivity (Wildman–Crippen MR) is 71.1 cm³/mol. The van der Waals surface area contributed by atoms with Crippen molar-refractivity contribution in [3.05, 3.63) is 21.9 Å². The van der Waals surface area contributed by atoms with Crippen molar-refractivity contribution in [3.8, 4) is 0 Å². The van der Waals surface area contributed by atoms with Gasteiger partial charge in [-0.05, 0) is 52.2 Å². The number of rotatable bonds is 7. The summed E-state index contributed by atoms with van der Waals surface area (Å²) in [5, 5.41) is 12.3. The highest BCUT2D eigenvalue weighted by molar-refractivity contribution is 7.11. The van der Waals surface area contributed by atoms with E-state index in [-0.39, 0.29) is 0 Å². The van der Waals surface area contributed by atoms with Crippen molar-refractivity contribution in [2.75, 3.05) is 6.61 Å². The van der Waals surface area contributed by atoms with Gasteiger partial charge in [0.1, 0.15) is 0 Å². The van der Waals surface area contributed by atoms with Gasteiger partial charge in [0.05, 0.1) is 0 Å².